The number of amidine groups is 2. The Hall–Kier alpha value is -2.92. The fourth-order valence-electron chi connectivity index (χ4n) is 4.08. The second kappa shape index (κ2) is 9.14. The van der Waals surface area contributed by atoms with Crippen LogP contribution in [0.1, 0.15) is 17.5 Å². The van der Waals surface area contributed by atoms with E-state index in [4.69, 9.17) is 27.9 Å². The standard InChI is InChI=1S/C21H25ClF3N7O/c1-31-6-4-12(10-31)19-29-20(33-30-19)16(26)9-17-18(27)28-5-7-32(17)11-13-8-14(22)2-3-15(13)21(23,24)25/h2-3,8-9,12H,4-7,10-11,26H2,1H3,(H2,27,28)(H,29,30). The summed E-state index contributed by atoms with van der Waals surface area (Å²) in [4.78, 5) is 18.0. The van der Waals surface area contributed by atoms with Gasteiger partial charge in [-0.2, -0.15) is 18.2 Å². The van der Waals surface area contributed by atoms with Crippen LogP contribution in [0.15, 0.2) is 51.5 Å². The molecule has 3 aliphatic rings. The maximum atomic E-state index is 13.5. The van der Waals surface area contributed by atoms with Gasteiger partial charge in [0.15, 0.2) is 0 Å². The fourth-order valence-corrected chi connectivity index (χ4v) is 4.28. The van der Waals surface area contributed by atoms with E-state index in [9.17, 15) is 13.2 Å². The van der Waals surface area contributed by atoms with Gasteiger partial charge in [-0.3, -0.25) is 4.99 Å². The number of hydrogen-bond donors (Lipinski definition) is 3. The van der Waals surface area contributed by atoms with E-state index in [0.29, 0.717) is 24.6 Å². The Morgan fingerprint density at radius 1 is 1.36 bits per heavy atom. The number of halogens is 4. The summed E-state index contributed by atoms with van der Waals surface area (Å²) in [5.74, 6) is 1.28. The van der Waals surface area contributed by atoms with Crippen LogP contribution in [0.2, 0.25) is 5.02 Å². The van der Waals surface area contributed by atoms with Crippen molar-refractivity contribution in [1.29, 1.82) is 0 Å². The van der Waals surface area contributed by atoms with Crippen molar-refractivity contribution in [2.75, 3.05) is 33.2 Å². The average molecular weight is 484 g/mol. The molecule has 0 aromatic heterocycles. The fraction of sp³-hybridized carbons (Fsp3) is 0.429. The predicted octanol–water partition coefficient (Wildman–Crippen LogP) is 2.43. The highest BCUT2D eigenvalue weighted by atomic mass is 35.5. The highest BCUT2D eigenvalue weighted by molar-refractivity contribution is 6.30. The van der Waals surface area contributed by atoms with E-state index in [1.54, 1.807) is 4.90 Å². The van der Waals surface area contributed by atoms with Crippen molar-refractivity contribution >= 4 is 23.3 Å². The Kier molecular flexibility index (Phi) is 6.44. The third-order valence-electron chi connectivity index (χ3n) is 5.78. The number of hydrogen-bond acceptors (Lipinski definition) is 8. The number of hydroxylamine groups is 1. The first-order valence-electron chi connectivity index (χ1n) is 10.4. The molecule has 0 amide bonds. The molecule has 1 fully saturated rings. The van der Waals surface area contributed by atoms with Gasteiger partial charge in [0.2, 0.25) is 0 Å². The van der Waals surface area contributed by atoms with Gasteiger partial charge in [0.05, 0.1) is 23.5 Å². The van der Waals surface area contributed by atoms with Crippen LogP contribution in [0.25, 0.3) is 0 Å². The minimum Gasteiger partial charge on any atom is -0.394 e. The van der Waals surface area contributed by atoms with Gasteiger partial charge < -0.3 is 26.1 Å². The van der Waals surface area contributed by atoms with Crippen LogP contribution in [-0.4, -0.2) is 54.7 Å². The lowest BCUT2D eigenvalue weighted by molar-refractivity contribution is -0.138. The predicted molar refractivity (Wildman–Crippen MR) is 120 cm³/mol. The van der Waals surface area contributed by atoms with Crippen molar-refractivity contribution in [3.63, 3.8) is 0 Å². The first-order chi connectivity index (χ1) is 15.6. The molecule has 12 heteroatoms. The largest absolute Gasteiger partial charge is 0.416 e. The zero-order valence-electron chi connectivity index (χ0n) is 18.0. The van der Waals surface area contributed by atoms with Gasteiger partial charge in [-0.15, -0.1) is 0 Å². The summed E-state index contributed by atoms with van der Waals surface area (Å²) in [6.07, 6.45) is -2.03. The van der Waals surface area contributed by atoms with Gasteiger partial charge in [0, 0.05) is 30.6 Å². The number of nitrogens with zero attached hydrogens (tertiary/aromatic N) is 4. The topological polar surface area (TPSA) is 104 Å². The lowest BCUT2D eigenvalue weighted by atomic mass is 10.1. The van der Waals surface area contributed by atoms with Crippen molar-refractivity contribution in [2.24, 2.45) is 27.4 Å². The number of nitrogens with one attached hydrogen (secondary N) is 1. The first-order valence-corrected chi connectivity index (χ1v) is 10.8. The molecule has 4 rings (SSSR count). The lowest BCUT2D eigenvalue weighted by Crippen LogP contribution is -2.38. The second-order valence-corrected chi connectivity index (χ2v) is 8.66. The van der Waals surface area contributed by atoms with Gasteiger partial charge in [-0.05, 0) is 49.9 Å². The Morgan fingerprint density at radius 3 is 2.85 bits per heavy atom. The molecule has 1 atom stereocenters. The lowest BCUT2D eigenvalue weighted by Gasteiger charge is -2.31. The van der Waals surface area contributed by atoms with Crippen molar-refractivity contribution in [3.8, 4) is 0 Å². The maximum Gasteiger partial charge on any atom is 0.416 e. The quantitative estimate of drug-likeness (QED) is 0.607. The molecule has 0 aliphatic carbocycles. The Bertz CT molecular complexity index is 1050. The summed E-state index contributed by atoms with van der Waals surface area (Å²) in [5.41, 5.74) is 15.0. The van der Waals surface area contributed by atoms with Crippen LogP contribution in [0, 0.1) is 5.92 Å². The number of rotatable bonds is 4. The molecule has 1 aromatic carbocycles. The highest BCUT2D eigenvalue weighted by Crippen LogP contribution is 2.34. The number of alkyl halides is 3. The van der Waals surface area contributed by atoms with Crippen LogP contribution in [0.3, 0.4) is 0 Å². The van der Waals surface area contributed by atoms with Crippen molar-refractivity contribution < 1.29 is 18.0 Å². The van der Waals surface area contributed by atoms with Gasteiger partial charge in [-0.25, -0.2) is 5.48 Å². The van der Waals surface area contributed by atoms with Crippen molar-refractivity contribution in [1.82, 2.24) is 15.3 Å². The van der Waals surface area contributed by atoms with E-state index in [-0.39, 0.29) is 40.5 Å². The Labute approximate surface area is 194 Å². The molecule has 178 valence electrons. The maximum absolute atomic E-state index is 13.5. The number of benzene rings is 1. The summed E-state index contributed by atoms with van der Waals surface area (Å²) < 4.78 is 40.6. The summed E-state index contributed by atoms with van der Waals surface area (Å²) in [6.45, 7) is 2.47. The van der Waals surface area contributed by atoms with Crippen LogP contribution < -0.4 is 16.9 Å². The van der Waals surface area contributed by atoms with E-state index >= 15 is 0 Å². The molecule has 1 unspecified atom stereocenters. The average Bonchev–Trinajstić information content (AvgIpc) is 3.39. The molecule has 3 aliphatic heterocycles. The third kappa shape index (κ3) is 5.19. The molecule has 0 spiro atoms. The molecule has 0 saturated carbocycles. The van der Waals surface area contributed by atoms with Gasteiger partial charge in [0.25, 0.3) is 5.88 Å². The molecule has 1 aromatic rings. The smallest absolute Gasteiger partial charge is 0.394 e. The zero-order valence-corrected chi connectivity index (χ0v) is 18.7. The SMILES string of the molecule is CN1CCC(C2=NC(=C(N)C=C3C(N)=NCCN3Cc3cc(Cl)ccc3C(F)(F)F)ON2)C1. The number of aliphatic imine (C=N–C) groups is 2. The van der Waals surface area contributed by atoms with Crippen molar-refractivity contribution in [2.45, 2.75) is 19.1 Å². The highest BCUT2D eigenvalue weighted by Gasteiger charge is 2.34. The zero-order chi connectivity index (χ0) is 23.8. The van der Waals surface area contributed by atoms with Crippen LogP contribution in [0.4, 0.5) is 13.2 Å². The molecule has 5 N–H and O–H groups in total. The minimum atomic E-state index is -4.51. The Balaban J connectivity index is 1.62. The van der Waals surface area contributed by atoms with Crippen LogP contribution >= 0.6 is 11.6 Å². The van der Waals surface area contributed by atoms with E-state index in [0.717, 1.165) is 25.6 Å². The van der Waals surface area contributed by atoms with E-state index < -0.39 is 11.7 Å². The number of likely N-dealkylation sites (tertiary alicyclic amines) is 1. The normalized spacial score (nSPS) is 24.5. The molecular formula is C21H25ClF3N7O. The van der Waals surface area contributed by atoms with Gasteiger partial charge >= 0.3 is 6.18 Å². The van der Waals surface area contributed by atoms with E-state index in [2.05, 4.69) is 20.4 Å². The first kappa shape index (κ1) is 23.2. The Morgan fingerprint density at radius 2 is 2.15 bits per heavy atom. The van der Waals surface area contributed by atoms with Crippen LogP contribution in [-0.2, 0) is 17.6 Å². The van der Waals surface area contributed by atoms with Crippen molar-refractivity contribution in [3.05, 3.63) is 57.7 Å². The summed E-state index contributed by atoms with van der Waals surface area (Å²) in [7, 11) is 2.04. The van der Waals surface area contributed by atoms with E-state index in [1.807, 2.05) is 7.05 Å². The minimum absolute atomic E-state index is 0.0336. The summed E-state index contributed by atoms with van der Waals surface area (Å²) >= 11 is 5.98. The number of allylic oxidation sites excluding steroid dienone is 1. The van der Waals surface area contributed by atoms with Gasteiger partial charge in [-0.1, -0.05) is 11.6 Å². The van der Waals surface area contributed by atoms with Gasteiger partial charge in [0.1, 0.15) is 11.7 Å². The second-order valence-electron chi connectivity index (χ2n) is 8.23. The summed E-state index contributed by atoms with van der Waals surface area (Å²) in [6, 6.07) is 3.51. The molecule has 1 saturated heterocycles. The third-order valence-corrected chi connectivity index (χ3v) is 6.02. The molecule has 33 heavy (non-hydrogen) atoms. The number of nitrogens with two attached hydrogens (primary N) is 2. The molecule has 8 nitrogen and oxygen atoms in total. The molecular weight excluding hydrogens is 459 g/mol. The monoisotopic (exact) mass is 483 g/mol. The molecule has 0 bridgehead atoms. The molecule has 0 radical (unpaired) electrons. The van der Waals surface area contributed by atoms with Crippen LogP contribution in [0.5, 0.6) is 0 Å². The molecule has 3 heterocycles. The summed E-state index contributed by atoms with van der Waals surface area (Å²) in [5, 5.41) is 0.216. The van der Waals surface area contributed by atoms with E-state index in [1.165, 1.54) is 18.2 Å².